The molecule has 1 fully saturated rings. The summed E-state index contributed by atoms with van der Waals surface area (Å²) in [5.41, 5.74) is 1.85. The van der Waals surface area contributed by atoms with Gasteiger partial charge in [0.1, 0.15) is 5.82 Å². The molecular formula is C23H19ClF3N5O3. The number of carbonyl (C=O) groups is 1. The first-order valence-electron chi connectivity index (χ1n) is 10.8. The zero-order valence-corrected chi connectivity index (χ0v) is 18.9. The number of pyridine rings is 1. The molecule has 2 aromatic heterocycles. The number of urea groups is 1. The van der Waals surface area contributed by atoms with Gasteiger partial charge >= 0.3 is 6.03 Å². The summed E-state index contributed by atoms with van der Waals surface area (Å²) in [4.78, 5) is 30.3. The highest BCUT2D eigenvalue weighted by atomic mass is 35.5. The Kier molecular flexibility index (Phi) is 6.10. The van der Waals surface area contributed by atoms with Crippen LogP contribution in [-0.2, 0) is 6.42 Å². The van der Waals surface area contributed by atoms with Gasteiger partial charge in [-0.15, -0.1) is 0 Å². The average molecular weight is 506 g/mol. The number of aromatic amines is 1. The predicted octanol–water partition coefficient (Wildman–Crippen LogP) is 4.56. The number of amides is 2. The maximum atomic E-state index is 15.0. The number of benzene rings is 1. The maximum absolute atomic E-state index is 15.0. The molecule has 5 rings (SSSR count). The lowest BCUT2D eigenvalue weighted by Gasteiger charge is -2.35. The number of anilines is 1. The number of fused-ring (bicyclic) bond motifs is 4. The molecule has 0 unspecified atom stereocenters. The number of ether oxygens (including phenoxy) is 1. The van der Waals surface area contributed by atoms with Gasteiger partial charge in [0.25, 0.3) is 12.0 Å². The van der Waals surface area contributed by atoms with Crippen molar-refractivity contribution in [2.24, 2.45) is 0 Å². The van der Waals surface area contributed by atoms with Crippen LogP contribution in [0.2, 0.25) is 5.02 Å². The molecule has 2 aliphatic rings. The normalized spacial score (nSPS) is 18.5. The summed E-state index contributed by atoms with van der Waals surface area (Å²) in [7, 11) is 0. The van der Waals surface area contributed by atoms with Crippen molar-refractivity contribution in [3.05, 3.63) is 69.0 Å². The number of hydrogen-bond acceptors (Lipinski definition) is 5. The lowest BCUT2D eigenvalue weighted by atomic mass is 9.99. The summed E-state index contributed by atoms with van der Waals surface area (Å²) in [5, 5.41) is 9.31. The monoisotopic (exact) mass is 505 g/mol. The van der Waals surface area contributed by atoms with Gasteiger partial charge in [0.2, 0.25) is 5.88 Å². The number of hydrogen-bond donors (Lipinski definition) is 2. The zero-order valence-electron chi connectivity index (χ0n) is 18.1. The van der Waals surface area contributed by atoms with E-state index in [1.54, 1.807) is 4.90 Å². The van der Waals surface area contributed by atoms with Crippen LogP contribution < -0.4 is 15.6 Å². The lowest BCUT2D eigenvalue weighted by Crippen LogP contribution is -2.45. The zero-order chi connectivity index (χ0) is 24.7. The van der Waals surface area contributed by atoms with Crippen molar-refractivity contribution >= 4 is 23.3 Å². The van der Waals surface area contributed by atoms with Gasteiger partial charge in [-0.3, -0.25) is 4.79 Å². The van der Waals surface area contributed by atoms with Crippen LogP contribution in [-0.4, -0.2) is 45.2 Å². The fraction of sp³-hybridized carbons (Fsp3) is 0.304. The van der Waals surface area contributed by atoms with Gasteiger partial charge in [0.15, 0.2) is 6.61 Å². The molecule has 2 N–H and O–H groups in total. The first-order valence-corrected chi connectivity index (χ1v) is 11.2. The third-order valence-electron chi connectivity index (χ3n) is 6.13. The van der Waals surface area contributed by atoms with Gasteiger partial charge in [-0.05, 0) is 43.0 Å². The van der Waals surface area contributed by atoms with Gasteiger partial charge in [-0.2, -0.15) is 5.10 Å². The van der Waals surface area contributed by atoms with Crippen LogP contribution in [0.25, 0.3) is 11.1 Å². The largest absolute Gasteiger partial charge is 0.472 e. The molecule has 182 valence electrons. The van der Waals surface area contributed by atoms with E-state index in [2.05, 4.69) is 20.5 Å². The quantitative estimate of drug-likeness (QED) is 0.529. The minimum atomic E-state index is -2.63. The van der Waals surface area contributed by atoms with E-state index in [0.29, 0.717) is 29.7 Å². The number of aromatic nitrogens is 3. The molecule has 0 radical (unpaired) electrons. The molecule has 0 aliphatic carbocycles. The fourth-order valence-corrected chi connectivity index (χ4v) is 4.91. The number of rotatable bonds is 5. The lowest BCUT2D eigenvalue weighted by molar-refractivity contribution is 0.0796. The molecule has 2 amide bonds. The fourth-order valence-electron chi connectivity index (χ4n) is 4.63. The number of nitrogens with one attached hydrogen (secondary N) is 2. The highest BCUT2D eigenvalue weighted by Crippen LogP contribution is 2.42. The van der Waals surface area contributed by atoms with Crippen LogP contribution in [0.1, 0.15) is 30.1 Å². The Bertz CT molecular complexity index is 1330. The van der Waals surface area contributed by atoms with Gasteiger partial charge < -0.3 is 15.0 Å². The van der Waals surface area contributed by atoms with E-state index in [0.717, 1.165) is 12.0 Å². The minimum Gasteiger partial charge on any atom is -0.472 e. The smallest absolute Gasteiger partial charge is 0.322 e. The summed E-state index contributed by atoms with van der Waals surface area (Å²) >= 11 is 6.37. The second-order valence-electron chi connectivity index (χ2n) is 8.33. The Morgan fingerprint density at radius 2 is 2.11 bits per heavy atom. The molecular weight excluding hydrogens is 487 g/mol. The third-order valence-corrected chi connectivity index (χ3v) is 6.44. The average Bonchev–Trinajstić information content (AvgIpc) is 3.15. The van der Waals surface area contributed by atoms with Crippen molar-refractivity contribution in [3.63, 3.8) is 0 Å². The van der Waals surface area contributed by atoms with Crippen molar-refractivity contribution in [1.29, 1.82) is 0 Å². The standard InChI is InChI=1S/C23H19ClF3N5O3/c24-15-8-17(16(25)7-14(15)11-1-4-21(28-9-11)35-10-19(26)27)29-23(34)32-13-2-3-18(32)22-12(5-13)6-20(33)30-31-22/h1,4,6-9,13,18-19H,2-3,5,10H2,(H,29,34)(H,30,33)/t13-,18+/m0/s1. The summed E-state index contributed by atoms with van der Waals surface area (Å²) < 4.78 is 44.3. The number of alkyl halides is 2. The van der Waals surface area contributed by atoms with Gasteiger partial charge in [-0.25, -0.2) is 28.0 Å². The van der Waals surface area contributed by atoms with Crippen LogP contribution >= 0.6 is 11.6 Å². The van der Waals surface area contributed by atoms with E-state index in [1.807, 2.05) is 0 Å². The summed E-state index contributed by atoms with van der Waals surface area (Å²) in [5.74, 6) is -0.700. The number of nitrogens with zero attached hydrogens (tertiary/aromatic N) is 3. The molecule has 2 aliphatic heterocycles. The topological polar surface area (TPSA) is 100 Å². The minimum absolute atomic E-state index is 0.00540. The molecule has 2 bridgehead atoms. The van der Waals surface area contributed by atoms with E-state index in [9.17, 15) is 22.8 Å². The molecule has 0 spiro atoms. The first-order chi connectivity index (χ1) is 16.8. The second kappa shape index (κ2) is 9.21. The maximum Gasteiger partial charge on any atom is 0.322 e. The molecule has 1 saturated heterocycles. The molecule has 3 aromatic rings. The first kappa shape index (κ1) is 23.2. The van der Waals surface area contributed by atoms with E-state index < -0.39 is 24.9 Å². The van der Waals surface area contributed by atoms with Crippen molar-refractivity contribution in [3.8, 4) is 17.0 Å². The molecule has 35 heavy (non-hydrogen) atoms. The Morgan fingerprint density at radius 3 is 2.86 bits per heavy atom. The Labute approximate surface area is 202 Å². The molecule has 2 atom stereocenters. The van der Waals surface area contributed by atoms with Gasteiger partial charge in [0, 0.05) is 35.5 Å². The van der Waals surface area contributed by atoms with Crippen LogP contribution in [0.4, 0.5) is 23.7 Å². The predicted molar refractivity (Wildman–Crippen MR) is 121 cm³/mol. The Hall–Kier alpha value is -3.60. The van der Waals surface area contributed by atoms with E-state index >= 15 is 0 Å². The third kappa shape index (κ3) is 4.55. The van der Waals surface area contributed by atoms with Gasteiger partial charge in [-0.1, -0.05) is 11.6 Å². The second-order valence-corrected chi connectivity index (χ2v) is 8.74. The number of H-pyrrole nitrogens is 1. The Morgan fingerprint density at radius 1 is 1.29 bits per heavy atom. The van der Waals surface area contributed by atoms with Crippen molar-refractivity contribution < 1.29 is 22.7 Å². The number of carbonyl (C=O) groups excluding carboxylic acids is 1. The summed E-state index contributed by atoms with van der Waals surface area (Å²) in [6.45, 7) is -0.783. The van der Waals surface area contributed by atoms with Crippen molar-refractivity contribution in [2.75, 3.05) is 11.9 Å². The Balaban J connectivity index is 1.34. The van der Waals surface area contributed by atoms with E-state index in [4.69, 9.17) is 16.3 Å². The molecule has 12 heteroatoms. The van der Waals surface area contributed by atoms with Crippen LogP contribution in [0, 0.1) is 5.82 Å². The van der Waals surface area contributed by atoms with Crippen LogP contribution in [0.5, 0.6) is 5.88 Å². The summed E-state index contributed by atoms with van der Waals surface area (Å²) in [6.07, 6.45) is 0.644. The summed E-state index contributed by atoms with van der Waals surface area (Å²) in [6, 6.07) is 5.97. The molecule has 0 saturated carbocycles. The van der Waals surface area contributed by atoms with Crippen LogP contribution in [0.15, 0.2) is 41.3 Å². The van der Waals surface area contributed by atoms with Crippen molar-refractivity contribution in [1.82, 2.24) is 20.1 Å². The van der Waals surface area contributed by atoms with E-state index in [-0.39, 0.29) is 34.2 Å². The molecule has 1 aromatic carbocycles. The number of halogens is 4. The highest BCUT2D eigenvalue weighted by molar-refractivity contribution is 6.33. The molecule has 8 nitrogen and oxygen atoms in total. The highest BCUT2D eigenvalue weighted by Gasteiger charge is 2.44. The van der Waals surface area contributed by atoms with Gasteiger partial charge in [0.05, 0.1) is 22.4 Å². The van der Waals surface area contributed by atoms with E-state index in [1.165, 1.54) is 36.5 Å². The van der Waals surface area contributed by atoms with Crippen LogP contribution in [0.3, 0.4) is 0 Å². The van der Waals surface area contributed by atoms with Crippen molar-refractivity contribution in [2.45, 2.75) is 37.8 Å². The SMILES string of the molecule is O=C(Nc1cc(Cl)c(-c2ccc(OCC(F)F)nc2)cc1F)N1[C@H]2CC[C@@H]1c1n[nH]c(=O)cc1C2. The molecule has 4 heterocycles.